The summed E-state index contributed by atoms with van der Waals surface area (Å²) in [7, 11) is 0. The Morgan fingerprint density at radius 2 is 2.21 bits per heavy atom. The van der Waals surface area contributed by atoms with Crippen LogP contribution in [0.3, 0.4) is 0 Å². The first-order valence-corrected chi connectivity index (χ1v) is 7.01. The average Bonchev–Trinajstić information content (AvgIpc) is 2.89. The maximum Gasteiger partial charge on any atom is 0.222 e. The zero-order chi connectivity index (χ0) is 13.4. The number of benzene rings is 1. The van der Waals surface area contributed by atoms with Crippen molar-refractivity contribution in [3.8, 4) is 0 Å². The van der Waals surface area contributed by atoms with Crippen LogP contribution < -0.4 is 11.1 Å². The number of amides is 1. The number of nitrogens with one attached hydrogen (secondary N) is 1. The van der Waals surface area contributed by atoms with Crippen molar-refractivity contribution in [2.45, 2.75) is 5.92 Å². The monoisotopic (exact) mass is 319 g/mol. The predicted octanol–water partition coefficient (Wildman–Crippen LogP) is 1.79. The Morgan fingerprint density at radius 3 is 3.00 bits per heavy atom. The van der Waals surface area contributed by atoms with Crippen LogP contribution in [0.25, 0.3) is 10.9 Å². The number of halogens is 1. The zero-order valence-electron chi connectivity index (χ0n) is 10.3. The first-order valence-electron chi connectivity index (χ1n) is 6.21. The van der Waals surface area contributed by atoms with Gasteiger partial charge in [-0.3, -0.25) is 9.78 Å². The van der Waals surface area contributed by atoms with E-state index in [0.717, 1.165) is 27.5 Å². The molecule has 2 atom stereocenters. The van der Waals surface area contributed by atoms with Crippen molar-refractivity contribution in [3.63, 3.8) is 0 Å². The fourth-order valence-electron chi connectivity index (χ4n) is 2.76. The fourth-order valence-corrected chi connectivity index (χ4v) is 3.22. The quantitative estimate of drug-likeness (QED) is 0.886. The van der Waals surface area contributed by atoms with Gasteiger partial charge in [0.15, 0.2) is 0 Å². The molecule has 0 spiro atoms. The largest absolute Gasteiger partial charge is 0.369 e. The lowest BCUT2D eigenvalue weighted by Gasteiger charge is -2.17. The Morgan fingerprint density at radius 1 is 1.37 bits per heavy atom. The topological polar surface area (TPSA) is 68.0 Å². The molecule has 0 saturated carbocycles. The highest BCUT2D eigenvalue weighted by molar-refractivity contribution is 9.10. The van der Waals surface area contributed by atoms with Gasteiger partial charge in [-0.1, -0.05) is 28.1 Å². The minimum Gasteiger partial charge on any atom is -0.369 e. The van der Waals surface area contributed by atoms with Crippen LogP contribution in [0.5, 0.6) is 0 Å². The van der Waals surface area contributed by atoms with Crippen LogP contribution in [-0.4, -0.2) is 24.0 Å². The van der Waals surface area contributed by atoms with Crippen LogP contribution in [0.4, 0.5) is 0 Å². The number of aromatic nitrogens is 1. The van der Waals surface area contributed by atoms with Crippen molar-refractivity contribution in [2.75, 3.05) is 13.1 Å². The summed E-state index contributed by atoms with van der Waals surface area (Å²) in [5, 5.41) is 4.31. The maximum atomic E-state index is 11.5. The third kappa shape index (κ3) is 2.13. The molecule has 2 aromatic rings. The lowest BCUT2D eigenvalue weighted by Crippen LogP contribution is -2.28. The van der Waals surface area contributed by atoms with Gasteiger partial charge >= 0.3 is 0 Å². The summed E-state index contributed by atoms with van der Waals surface area (Å²) < 4.78 is 1.01. The first-order chi connectivity index (χ1) is 9.18. The van der Waals surface area contributed by atoms with Crippen molar-refractivity contribution < 1.29 is 4.79 Å². The summed E-state index contributed by atoms with van der Waals surface area (Å²) >= 11 is 3.54. The van der Waals surface area contributed by atoms with Crippen molar-refractivity contribution in [1.82, 2.24) is 10.3 Å². The van der Waals surface area contributed by atoms with Gasteiger partial charge in [-0.2, -0.15) is 0 Å². The average molecular weight is 320 g/mol. The number of primary amides is 1. The van der Waals surface area contributed by atoms with E-state index >= 15 is 0 Å². The second-order valence-electron chi connectivity index (χ2n) is 4.81. The minimum absolute atomic E-state index is 0.1000. The molecule has 1 aromatic heterocycles. The molecule has 3 N–H and O–H groups in total. The van der Waals surface area contributed by atoms with Gasteiger partial charge in [0.1, 0.15) is 0 Å². The van der Waals surface area contributed by atoms with Gasteiger partial charge in [0, 0.05) is 35.1 Å². The number of carbonyl (C=O) groups is 1. The second-order valence-corrected chi connectivity index (χ2v) is 5.66. The van der Waals surface area contributed by atoms with Crippen LogP contribution in [0.1, 0.15) is 11.5 Å². The first kappa shape index (κ1) is 12.6. The van der Waals surface area contributed by atoms with Crippen molar-refractivity contribution in [3.05, 3.63) is 40.5 Å². The Bertz CT molecular complexity index is 644. The van der Waals surface area contributed by atoms with E-state index in [2.05, 4.69) is 26.2 Å². The lowest BCUT2D eigenvalue weighted by molar-refractivity contribution is -0.121. The number of hydrogen-bond donors (Lipinski definition) is 2. The standard InChI is InChI=1S/C14H14BrN3O/c15-12-4-3-8(13-9(12)2-1-5-18-13)10-6-17-7-11(10)14(16)19/h1-5,10-11,17H,6-7H2,(H2,16,19). The van der Waals surface area contributed by atoms with E-state index in [0.29, 0.717) is 6.54 Å². The van der Waals surface area contributed by atoms with Crippen molar-refractivity contribution in [2.24, 2.45) is 11.7 Å². The van der Waals surface area contributed by atoms with Gasteiger partial charge in [0.2, 0.25) is 5.91 Å². The molecule has 0 aliphatic carbocycles. The summed E-state index contributed by atoms with van der Waals surface area (Å²) in [6, 6.07) is 7.98. The summed E-state index contributed by atoms with van der Waals surface area (Å²) in [6.45, 7) is 1.41. The highest BCUT2D eigenvalue weighted by Gasteiger charge is 2.33. The summed E-state index contributed by atoms with van der Waals surface area (Å²) in [6.07, 6.45) is 1.78. The Balaban J connectivity index is 2.15. The van der Waals surface area contributed by atoms with E-state index in [4.69, 9.17) is 5.73 Å². The zero-order valence-corrected chi connectivity index (χ0v) is 11.9. The van der Waals surface area contributed by atoms with Gasteiger partial charge in [-0.05, 0) is 17.7 Å². The molecular formula is C14H14BrN3O. The molecule has 1 aliphatic heterocycles. The Kier molecular flexibility index (Phi) is 3.24. The number of carbonyl (C=O) groups excluding carboxylic acids is 1. The fraction of sp³-hybridized carbons (Fsp3) is 0.286. The smallest absolute Gasteiger partial charge is 0.222 e. The van der Waals surface area contributed by atoms with E-state index in [1.807, 2.05) is 24.3 Å². The molecule has 4 nitrogen and oxygen atoms in total. The van der Waals surface area contributed by atoms with Gasteiger partial charge in [-0.15, -0.1) is 0 Å². The molecule has 0 bridgehead atoms. The maximum absolute atomic E-state index is 11.5. The van der Waals surface area contributed by atoms with Gasteiger partial charge in [0.05, 0.1) is 11.4 Å². The number of rotatable bonds is 2. The predicted molar refractivity (Wildman–Crippen MR) is 77.7 cm³/mol. The third-order valence-electron chi connectivity index (χ3n) is 3.73. The SMILES string of the molecule is NC(=O)C1CNCC1c1ccc(Br)c2cccnc12. The van der Waals surface area contributed by atoms with Gasteiger partial charge in [0.25, 0.3) is 0 Å². The van der Waals surface area contributed by atoms with Crippen LogP contribution in [0.2, 0.25) is 0 Å². The Hall–Kier alpha value is -1.46. The molecule has 1 amide bonds. The van der Waals surface area contributed by atoms with Crippen LogP contribution in [0.15, 0.2) is 34.9 Å². The summed E-state index contributed by atoms with van der Waals surface area (Å²) in [5.74, 6) is -0.309. The normalized spacial score (nSPS) is 22.8. The van der Waals surface area contributed by atoms with E-state index in [1.54, 1.807) is 6.20 Å². The molecule has 1 saturated heterocycles. The third-order valence-corrected chi connectivity index (χ3v) is 4.42. The molecule has 1 aromatic carbocycles. The number of nitrogens with two attached hydrogens (primary N) is 1. The van der Waals surface area contributed by atoms with E-state index in [9.17, 15) is 4.79 Å². The highest BCUT2D eigenvalue weighted by atomic mass is 79.9. The molecular weight excluding hydrogens is 306 g/mol. The second kappa shape index (κ2) is 4.90. The molecule has 2 unspecified atom stereocenters. The number of hydrogen-bond acceptors (Lipinski definition) is 3. The highest BCUT2D eigenvalue weighted by Crippen LogP contribution is 2.34. The van der Waals surface area contributed by atoms with Crippen LogP contribution in [0, 0.1) is 5.92 Å². The van der Waals surface area contributed by atoms with Crippen LogP contribution in [-0.2, 0) is 4.79 Å². The van der Waals surface area contributed by atoms with Crippen molar-refractivity contribution in [1.29, 1.82) is 0 Å². The van der Waals surface area contributed by atoms with Gasteiger partial charge < -0.3 is 11.1 Å². The Labute approximate surface area is 119 Å². The molecule has 1 fully saturated rings. The van der Waals surface area contributed by atoms with Crippen LogP contribution >= 0.6 is 15.9 Å². The number of nitrogens with zero attached hydrogens (tertiary/aromatic N) is 1. The molecule has 1 aliphatic rings. The van der Waals surface area contributed by atoms with Gasteiger partial charge in [-0.25, -0.2) is 0 Å². The molecule has 2 heterocycles. The molecule has 19 heavy (non-hydrogen) atoms. The van der Waals surface area contributed by atoms with E-state index < -0.39 is 0 Å². The van der Waals surface area contributed by atoms with Crippen molar-refractivity contribution >= 4 is 32.7 Å². The molecule has 98 valence electrons. The van der Waals surface area contributed by atoms with E-state index in [1.165, 1.54) is 0 Å². The number of fused-ring (bicyclic) bond motifs is 1. The molecule has 5 heteroatoms. The molecule has 0 radical (unpaired) electrons. The van der Waals surface area contributed by atoms with E-state index in [-0.39, 0.29) is 17.7 Å². The summed E-state index contributed by atoms with van der Waals surface area (Å²) in [5.41, 5.74) is 7.52. The minimum atomic E-state index is -0.248. The summed E-state index contributed by atoms with van der Waals surface area (Å²) in [4.78, 5) is 16.0. The number of pyridine rings is 1. The molecule has 3 rings (SSSR count). The lowest BCUT2D eigenvalue weighted by atomic mass is 9.87.